The molecule has 96 valence electrons. The molecule has 0 radical (unpaired) electrons. The molecule has 1 saturated heterocycles. The van der Waals surface area contributed by atoms with Gasteiger partial charge in [0.15, 0.2) is 9.84 Å². The summed E-state index contributed by atoms with van der Waals surface area (Å²) in [5.74, 6) is 1.30. The van der Waals surface area contributed by atoms with Gasteiger partial charge in [0.2, 0.25) is 5.95 Å². The first-order valence-electron chi connectivity index (χ1n) is 5.90. The molecule has 2 heterocycles. The maximum atomic E-state index is 11.5. The lowest BCUT2D eigenvalue weighted by atomic mass is 10.2. The molecule has 5 nitrogen and oxygen atoms in total. The van der Waals surface area contributed by atoms with Crippen LogP contribution in [-0.2, 0) is 9.84 Å². The van der Waals surface area contributed by atoms with Gasteiger partial charge >= 0.3 is 0 Å². The summed E-state index contributed by atoms with van der Waals surface area (Å²) in [5, 5.41) is 3.26. The summed E-state index contributed by atoms with van der Waals surface area (Å²) in [6.07, 6.45) is 2.61. The molecule has 1 unspecified atom stereocenters. The fourth-order valence-corrected chi connectivity index (χ4v) is 3.87. The molecule has 0 bridgehead atoms. The number of anilines is 1. The van der Waals surface area contributed by atoms with Crippen molar-refractivity contribution in [1.82, 2.24) is 9.55 Å². The lowest BCUT2D eigenvalue weighted by Crippen LogP contribution is -2.18. The number of hydrogen-bond acceptors (Lipinski definition) is 4. The third kappa shape index (κ3) is 2.80. The zero-order chi connectivity index (χ0) is 12.6. The van der Waals surface area contributed by atoms with E-state index in [2.05, 4.69) is 10.3 Å². The Morgan fingerprint density at radius 3 is 2.76 bits per heavy atom. The van der Waals surface area contributed by atoms with E-state index in [9.17, 15) is 8.42 Å². The molecule has 2 rings (SSSR count). The molecule has 0 spiro atoms. The van der Waals surface area contributed by atoms with Gasteiger partial charge in [0, 0.05) is 12.2 Å². The Morgan fingerprint density at radius 1 is 1.53 bits per heavy atom. The predicted molar refractivity (Wildman–Crippen MR) is 68.0 cm³/mol. The highest BCUT2D eigenvalue weighted by atomic mass is 32.2. The molecule has 1 aliphatic rings. The molecule has 1 aromatic heterocycles. The average molecular weight is 257 g/mol. The zero-order valence-electron chi connectivity index (χ0n) is 10.5. The Kier molecular flexibility index (Phi) is 3.16. The van der Waals surface area contributed by atoms with Gasteiger partial charge < -0.3 is 9.88 Å². The van der Waals surface area contributed by atoms with Crippen LogP contribution in [0.5, 0.6) is 0 Å². The molecule has 1 aliphatic heterocycles. The second-order valence-electron chi connectivity index (χ2n) is 4.97. The van der Waals surface area contributed by atoms with E-state index >= 15 is 0 Å². The van der Waals surface area contributed by atoms with E-state index in [1.54, 1.807) is 0 Å². The van der Waals surface area contributed by atoms with E-state index in [-0.39, 0.29) is 23.6 Å². The highest BCUT2D eigenvalue weighted by Crippen LogP contribution is 2.27. The fourth-order valence-electron chi connectivity index (χ4n) is 2.15. The van der Waals surface area contributed by atoms with Crippen LogP contribution in [0.15, 0.2) is 6.20 Å². The Morgan fingerprint density at radius 2 is 2.24 bits per heavy atom. The van der Waals surface area contributed by atoms with Gasteiger partial charge in [-0.15, -0.1) is 0 Å². The van der Waals surface area contributed by atoms with Crippen LogP contribution in [0.25, 0.3) is 0 Å². The van der Waals surface area contributed by atoms with Gasteiger partial charge in [-0.3, -0.25) is 0 Å². The highest BCUT2D eigenvalue weighted by Gasteiger charge is 2.30. The first kappa shape index (κ1) is 12.4. The quantitative estimate of drug-likeness (QED) is 0.888. The number of nitrogens with zero attached hydrogens (tertiary/aromatic N) is 2. The van der Waals surface area contributed by atoms with Gasteiger partial charge in [-0.1, -0.05) is 0 Å². The summed E-state index contributed by atoms with van der Waals surface area (Å²) in [4.78, 5) is 4.40. The van der Waals surface area contributed by atoms with Crippen molar-refractivity contribution < 1.29 is 8.42 Å². The number of hydrogen-bond donors (Lipinski definition) is 1. The van der Waals surface area contributed by atoms with Crippen LogP contribution >= 0.6 is 0 Å². The summed E-state index contributed by atoms with van der Waals surface area (Å²) >= 11 is 0. The second-order valence-corrected chi connectivity index (χ2v) is 7.20. The topological polar surface area (TPSA) is 64.0 Å². The van der Waals surface area contributed by atoms with Crippen LogP contribution in [0.4, 0.5) is 5.95 Å². The molecule has 1 N–H and O–H groups in total. The summed E-state index contributed by atoms with van der Waals surface area (Å²) in [6, 6.07) is 0.316. The normalized spacial score (nSPS) is 23.2. The number of aryl methyl sites for hydroxylation is 1. The first-order chi connectivity index (χ1) is 7.87. The molecule has 6 heteroatoms. The van der Waals surface area contributed by atoms with Crippen LogP contribution in [0, 0.1) is 6.92 Å². The lowest BCUT2D eigenvalue weighted by molar-refractivity contribution is 0.557. The number of imidazole rings is 1. The van der Waals surface area contributed by atoms with Gasteiger partial charge in [-0.05, 0) is 27.2 Å². The van der Waals surface area contributed by atoms with Gasteiger partial charge in [-0.25, -0.2) is 13.4 Å². The number of sulfone groups is 1. The summed E-state index contributed by atoms with van der Waals surface area (Å²) in [6.45, 7) is 6.00. The van der Waals surface area contributed by atoms with Crippen molar-refractivity contribution >= 4 is 15.8 Å². The molecule has 1 aromatic rings. The molecular weight excluding hydrogens is 238 g/mol. The number of aromatic nitrogens is 2. The Bertz CT molecular complexity index is 505. The van der Waals surface area contributed by atoms with E-state index in [0.29, 0.717) is 6.42 Å². The zero-order valence-corrected chi connectivity index (χ0v) is 11.3. The van der Waals surface area contributed by atoms with E-state index < -0.39 is 9.84 Å². The molecule has 0 aromatic carbocycles. The minimum absolute atomic E-state index is 0.0300. The maximum Gasteiger partial charge on any atom is 0.203 e. The van der Waals surface area contributed by atoms with Crippen molar-refractivity contribution in [2.24, 2.45) is 0 Å². The van der Waals surface area contributed by atoms with E-state index in [0.717, 1.165) is 11.6 Å². The summed E-state index contributed by atoms with van der Waals surface area (Å²) in [5.41, 5.74) is 0.914. The average Bonchev–Trinajstić information content (AvgIpc) is 2.68. The van der Waals surface area contributed by atoms with Gasteiger partial charge in [0.1, 0.15) is 0 Å². The maximum absolute atomic E-state index is 11.5. The second kappa shape index (κ2) is 4.33. The monoisotopic (exact) mass is 257 g/mol. The van der Waals surface area contributed by atoms with Crippen molar-refractivity contribution in [2.45, 2.75) is 39.3 Å². The van der Waals surface area contributed by atoms with Crippen LogP contribution in [-0.4, -0.2) is 35.5 Å². The SMILES string of the molecule is Cc1cn(C2CCS(=O)(=O)C2)c(NC(C)C)n1. The highest BCUT2D eigenvalue weighted by molar-refractivity contribution is 7.91. The first-order valence-corrected chi connectivity index (χ1v) is 7.72. The lowest BCUT2D eigenvalue weighted by Gasteiger charge is -2.16. The number of rotatable bonds is 3. The van der Waals surface area contributed by atoms with Crippen LogP contribution in [0.1, 0.15) is 32.0 Å². The van der Waals surface area contributed by atoms with Crippen molar-refractivity contribution in [2.75, 3.05) is 16.8 Å². The van der Waals surface area contributed by atoms with Gasteiger partial charge in [0.05, 0.1) is 23.2 Å². The van der Waals surface area contributed by atoms with Gasteiger partial charge in [0.25, 0.3) is 0 Å². The van der Waals surface area contributed by atoms with E-state index in [1.165, 1.54) is 0 Å². The molecule has 0 saturated carbocycles. The molecule has 17 heavy (non-hydrogen) atoms. The molecular formula is C11H19N3O2S. The Balaban J connectivity index is 2.26. The largest absolute Gasteiger partial charge is 0.353 e. The Labute approximate surface area is 102 Å². The molecule has 0 aliphatic carbocycles. The third-order valence-electron chi connectivity index (χ3n) is 2.87. The van der Waals surface area contributed by atoms with Crippen molar-refractivity contribution in [3.63, 3.8) is 0 Å². The third-order valence-corrected chi connectivity index (χ3v) is 4.62. The van der Waals surface area contributed by atoms with E-state index in [1.807, 2.05) is 31.5 Å². The van der Waals surface area contributed by atoms with Crippen molar-refractivity contribution in [3.8, 4) is 0 Å². The Hall–Kier alpha value is -1.04. The van der Waals surface area contributed by atoms with Crippen molar-refractivity contribution in [3.05, 3.63) is 11.9 Å². The summed E-state index contributed by atoms with van der Waals surface area (Å²) < 4.78 is 25.0. The van der Waals surface area contributed by atoms with Crippen LogP contribution in [0.3, 0.4) is 0 Å². The van der Waals surface area contributed by atoms with Crippen molar-refractivity contribution in [1.29, 1.82) is 0 Å². The molecule has 1 fully saturated rings. The van der Waals surface area contributed by atoms with Crippen LogP contribution in [0.2, 0.25) is 0 Å². The predicted octanol–water partition coefficient (Wildman–Crippen LogP) is 1.37. The summed E-state index contributed by atoms with van der Waals surface area (Å²) in [7, 11) is -2.86. The van der Waals surface area contributed by atoms with Gasteiger partial charge in [-0.2, -0.15) is 0 Å². The smallest absolute Gasteiger partial charge is 0.203 e. The number of nitrogens with one attached hydrogen (secondary N) is 1. The minimum Gasteiger partial charge on any atom is -0.353 e. The minimum atomic E-state index is -2.86. The standard InChI is InChI=1S/C11H19N3O2S/c1-8(2)12-11-13-9(3)6-14(11)10-4-5-17(15,16)7-10/h6,8,10H,4-5,7H2,1-3H3,(H,12,13). The molecule has 0 amide bonds. The fraction of sp³-hybridized carbons (Fsp3) is 0.727. The molecule has 1 atom stereocenters. The van der Waals surface area contributed by atoms with E-state index in [4.69, 9.17) is 0 Å². The van der Waals surface area contributed by atoms with Crippen LogP contribution < -0.4 is 5.32 Å².